The van der Waals surface area contributed by atoms with E-state index in [1.165, 1.54) is 17.3 Å². The number of nitrogens with zero attached hydrogens (tertiary/aromatic N) is 7. The number of nitrogens with one attached hydrogen (secondary N) is 1. The van der Waals surface area contributed by atoms with E-state index in [-0.39, 0.29) is 5.91 Å². The molecule has 5 rings (SSSR count). The lowest BCUT2D eigenvalue weighted by Crippen LogP contribution is -2.18. The number of amides is 1. The van der Waals surface area contributed by atoms with E-state index in [9.17, 15) is 4.79 Å². The van der Waals surface area contributed by atoms with Crippen LogP contribution in [0.25, 0.3) is 22.6 Å². The van der Waals surface area contributed by atoms with Gasteiger partial charge in [-0.05, 0) is 54.5 Å². The predicted octanol–water partition coefficient (Wildman–Crippen LogP) is 4.01. The quantitative estimate of drug-likeness (QED) is 0.374. The number of hydrogen-bond donors (Lipinski definition) is 1. The van der Waals surface area contributed by atoms with E-state index in [4.69, 9.17) is 4.74 Å². The third-order valence-corrected chi connectivity index (χ3v) is 5.33. The average molecular weight is 467 g/mol. The smallest absolute Gasteiger partial charge is 0.246 e. The van der Waals surface area contributed by atoms with Crippen LogP contribution in [0.4, 0.5) is 11.5 Å². The third kappa shape index (κ3) is 4.76. The van der Waals surface area contributed by atoms with Crippen molar-refractivity contribution in [2.75, 3.05) is 19.4 Å². The van der Waals surface area contributed by atoms with Crippen LogP contribution in [0.2, 0.25) is 0 Å². The standard InChI is InChI=1S/C25H22N8O2/c1-16-10-18(6-8-21(16)35-23-12-22-31-29-15-33(22)14-28-23)30-25-19-11-17(5-9-24(34)32(2)3)4-7-20(19)26-13-27-25/h4-15H,1-3H3,(H,26,27,30). The van der Waals surface area contributed by atoms with E-state index in [2.05, 4.69) is 30.5 Å². The zero-order valence-electron chi connectivity index (χ0n) is 19.4. The van der Waals surface area contributed by atoms with Crippen LogP contribution >= 0.6 is 0 Å². The Morgan fingerprint density at radius 1 is 1.06 bits per heavy atom. The highest BCUT2D eigenvalue weighted by molar-refractivity contribution is 5.95. The van der Waals surface area contributed by atoms with Crippen LogP contribution < -0.4 is 10.1 Å². The van der Waals surface area contributed by atoms with Crippen molar-refractivity contribution in [3.05, 3.63) is 78.6 Å². The molecule has 0 aliphatic rings. The molecule has 3 aromatic heterocycles. The summed E-state index contributed by atoms with van der Waals surface area (Å²) in [5.74, 6) is 1.69. The fourth-order valence-corrected chi connectivity index (χ4v) is 3.45. The van der Waals surface area contributed by atoms with Crippen molar-refractivity contribution in [3.63, 3.8) is 0 Å². The van der Waals surface area contributed by atoms with Crippen molar-refractivity contribution in [3.8, 4) is 11.6 Å². The maximum absolute atomic E-state index is 11.9. The molecule has 0 saturated carbocycles. The third-order valence-electron chi connectivity index (χ3n) is 5.33. The monoisotopic (exact) mass is 466 g/mol. The Hall–Kier alpha value is -4.86. The lowest BCUT2D eigenvalue weighted by molar-refractivity contribution is -0.123. The SMILES string of the molecule is Cc1cc(Nc2ncnc3ccc(C=CC(=O)N(C)C)cc23)ccc1Oc1cc2nncn2cn1. The molecule has 5 aromatic rings. The molecule has 174 valence electrons. The molecule has 2 aromatic carbocycles. The Labute approximate surface area is 200 Å². The molecule has 1 amide bonds. The zero-order chi connectivity index (χ0) is 24.4. The Morgan fingerprint density at radius 3 is 2.77 bits per heavy atom. The average Bonchev–Trinajstić information content (AvgIpc) is 3.32. The Morgan fingerprint density at radius 2 is 1.94 bits per heavy atom. The van der Waals surface area contributed by atoms with Crippen molar-refractivity contribution < 1.29 is 9.53 Å². The van der Waals surface area contributed by atoms with E-state index in [1.54, 1.807) is 43.3 Å². The second kappa shape index (κ2) is 9.18. The van der Waals surface area contributed by atoms with Crippen LogP contribution in [0, 0.1) is 6.92 Å². The number of carbonyl (C=O) groups excluding carboxylic acids is 1. The number of aryl methyl sites for hydroxylation is 1. The van der Waals surface area contributed by atoms with E-state index in [0.717, 1.165) is 27.7 Å². The van der Waals surface area contributed by atoms with Crippen LogP contribution in [-0.4, -0.2) is 54.5 Å². The number of benzene rings is 2. The maximum Gasteiger partial charge on any atom is 0.246 e. The molecule has 3 heterocycles. The van der Waals surface area contributed by atoms with Gasteiger partial charge in [-0.15, -0.1) is 10.2 Å². The molecule has 0 bridgehead atoms. The molecule has 0 aliphatic heterocycles. The Bertz CT molecular complexity index is 1570. The topological polar surface area (TPSA) is 110 Å². The first-order valence-corrected chi connectivity index (χ1v) is 10.8. The first-order chi connectivity index (χ1) is 17.0. The first kappa shape index (κ1) is 22.0. The van der Waals surface area contributed by atoms with Gasteiger partial charge >= 0.3 is 0 Å². The number of hydrogen-bond acceptors (Lipinski definition) is 8. The van der Waals surface area contributed by atoms with Gasteiger partial charge in [0.1, 0.15) is 30.5 Å². The Kier molecular flexibility index (Phi) is 5.76. The summed E-state index contributed by atoms with van der Waals surface area (Å²) in [6.07, 6.45) is 8.02. The minimum atomic E-state index is -0.0814. The second-order valence-corrected chi connectivity index (χ2v) is 8.10. The van der Waals surface area contributed by atoms with Crippen molar-refractivity contribution >= 4 is 40.0 Å². The molecule has 0 aliphatic carbocycles. The summed E-state index contributed by atoms with van der Waals surface area (Å²) in [5, 5.41) is 12.1. The molecule has 0 fully saturated rings. The van der Waals surface area contributed by atoms with Crippen molar-refractivity contribution in [2.24, 2.45) is 0 Å². The summed E-state index contributed by atoms with van der Waals surface area (Å²) in [4.78, 5) is 26.5. The van der Waals surface area contributed by atoms with Gasteiger partial charge in [0, 0.05) is 37.3 Å². The molecule has 0 spiro atoms. The van der Waals surface area contributed by atoms with Gasteiger partial charge in [-0.25, -0.2) is 15.0 Å². The molecule has 1 N–H and O–H groups in total. The van der Waals surface area contributed by atoms with Gasteiger partial charge in [0.15, 0.2) is 5.65 Å². The zero-order valence-corrected chi connectivity index (χ0v) is 19.4. The summed E-state index contributed by atoms with van der Waals surface area (Å²) in [7, 11) is 3.43. The van der Waals surface area contributed by atoms with Gasteiger partial charge in [-0.2, -0.15) is 0 Å². The first-order valence-electron chi connectivity index (χ1n) is 10.8. The van der Waals surface area contributed by atoms with E-state index >= 15 is 0 Å². The van der Waals surface area contributed by atoms with Gasteiger partial charge in [-0.3, -0.25) is 9.20 Å². The number of likely N-dealkylation sites (N-methyl/N-ethyl adjacent to an activating group) is 1. The van der Waals surface area contributed by atoms with Crippen LogP contribution in [0.5, 0.6) is 11.6 Å². The Balaban J connectivity index is 1.38. The van der Waals surface area contributed by atoms with Crippen LogP contribution in [0.15, 0.2) is 67.5 Å². The summed E-state index contributed by atoms with van der Waals surface area (Å²) >= 11 is 0. The van der Waals surface area contributed by atoms with Crippen molar-refractivity contribution in [1.82, 2.24) is 34.4 Å². The molecular weight excluding hydrogens is 444 g/mol. The fraction of sp³-hybridized carbons (Fsp3) is 0.120. The number of rotatable bonds is 6. The molecule has 0 unspecified atom stereocenters. The molecule has 0 radical (unpaired) electrons. The second-order valence-electron chi connectivity index (χ2n) is 8.10. The molecule has 0 atom stereocenters. The van der Waals surface area contributed by atoms with Crippen molar-refractivity contribution in [2.45, 2.75) is 6.92 Å². The number of aromatic nitrogens is 6. The number of anilines is 2. The van der Waals surface area contributed by atoms with Crippen LogP contribution in [0.3, 0.4) is 0 Å². The summed E-state index contributed by atoms with van der Waals surface area (Å²) in [6.45, 7) is 1.96. The predicted molar refractivity (Wildman–Crippen MR) is 133 cm³/mol. The minimum absolute atomic E-state index is 0.0814. The summed E-state index contributed by atoms with van der Waals surface area (Å²) < 4.78 is 7.67. The molecule has 10 nitrogen and oxygen atoms in total. The lowest BCUT2D eigenvalue weighted by Gasteiger charge is -2.12. The van der Waals surface area contributed by atoms with Crippen molar-refractivity contribution in [1.29, 1.82) is 0 Å². The lowest BCUT2D eigenvalue weighted by atomic mass is 10.1. The molecule has 35 heavy (non-hydrogen) atoms. The van der Waals surface area contributed by atoms with Gasteiger partial charge in [-0.1, -0.05) is 6.07 Å². The highest BCUT2D eigenvalue weighted by Crippen LogP contribution is 2.29. The van der Waals surface area contributed by atoms with Gasteiger partial charge in [0.2, 0.25) is 11.8 Å². The largest absolute Gasteiger partial charge is 0.439 e. The number of fused-ring (bicyclic) bond motifs is 2. The van der Waals surface area contributed by atoms with Crippen LogP contribution in [-0.2, 0) is 4.79 Å². The van der Waals surface area contributed by atoms with Crippen LogP contribution in [0.1, 0.15) is 11.1 Å². The highest BCUT2D eigenvalue weighted by Gasteiger charge is 2.09. The normalized spacial score (nSPS) is 11.3. The van der Waals surface area contributed by atoms with E-state index in [0.29, 0.717) is 23.1 Å². The minimum Gasteiger partial charge on any atom is -0.439 e. The van der Waals surface area contributed by atoms with E-state index in [1.807, 2.05) is 43.3 Å². The fourth-order valence-electron chi connectivity index (χ4n) is 3.45. The summed E-state index contributed by atoms with van der Waals surface area (Å²) in [6, 6.07) is 13.3. The molecular formula is C25H22N8O2. The summed E-state index contributed by atoms with van der Waals surface area (Å²) in [5.41, 5.74) is 4.09. The van der Waals surface area contributed by atoms with Gasteiger partial charge in [0.25, 0.3) is 0 Å². The molecule has 10 heteroatoms. The number of ether oxygens (including phenoxy) is 1. The number of carbonyl (C=O) groups is 1. The highest BCUT2D eigenvalue weighted by atomic mass is 16.5. The van der Waals surface area contributed by atoms with E-state index < -0.39 is 0 Å². The van der Waals surface area contributed by atoms with Gasteiger partial charge < -0.3 is 15.0 Å². The molecule has 0 saturated heterocycles. The maximum atomic E-state index is 11.9. The van der Waals surface area contributed by atoms with Gasteiger partial charge in [0.05, 0.1) is 5.52 Å².